The van der Waals surface area contributed by atoms with Crippen molar-refractivity contribution in [1.82, 2.24) is 8.87 Å². The molecule has 8 nitrogen and oxygen atoms in total. The lowest BCUT2D eigenvalue weighted by Crippen LogP contribution is -2.54. The van der Waals surface area contributed by atoms with Crippen molar-refractivity contribution in [1.29, 1.82) is 0 Å². The molecule has 3 aromatic carbocycles. The number of benzene rings is 3. The monoisotopic (exact) mass is 666 g/mol. The van der Waals surface area contributed by atoms with Crippen LogP contribution in [0.4, 0.5) is 13.2 Å². The highest BCUT2D eigenvalue weighted by Gasteiger charge is 2.47. The molecule has 1 aromatic heterocycles. The molecule has 0 spiro atoms. The average molecular weight is 667 g/mol. The van der Waals surface area contributed by atoms with E-state index in [1.165, 1.54) is 18.2 Å². The van der Waals surface area contributed by atoms with E-state index in [9.17, 15) is 36.3 Å². The number of aromatic nitrogens is 1. The highest BCUT2D eigenvalue weighted by atomic mass is 32.2. The van der Waals surface area contributed by atoms with Gasteiger partial charge in [0.2, 0.25) is 0 Å². The average Bonchev–Trinajstić information content (AvgIpc) is 3.05. The van der Waals surface area contributed by atoms with E-state index in [1.54, 1.807) is 0 Å². The van der Waals surface area contributed by atoms with Crippen molar-refractivity contribution in [3.05, 3.63) is 106 Å². The summed E-state index contributed by atoms with van der Waals surface area (Å²) in [4.78, 5) is 27.7. The Morgan fingerprint density at radius 3 is 2.40 bits per heavy atom. The van der Waals surface area contributed by atoms with Gasteiger partial charge in [-0.05, 0) is 71.7 Å². The van der Waals surface area contributed by atoms with Crippen LogP contribution < -0.4 is 5.56 Å². The molecule has 1 saturated carbocycles. The van der Waals surface area contributed by atoms with Gasteiger partial charge in [0, 0.05) is 23.7 Å². The Hall–Kier alpha value is -4.26. The standard InChI is InChI=1S/C35H33F3N2O6S/c1-3-27-29(19-22-10-6-9-21-8-4-5-13-28(21)22)31(23-11-7-12-24(18-23)35(36,37)38)33-40(32(27)42)30(34(43)46-2)20-39(47(33,44)45)25-14-16-26(41)17-15-25/h3-13,18,25-26,30,41H,1,14-17,19-20H2,2H3/t25-,26+,30?. The van der Waals surface area contributed by atoms with Crippen LogP contribution in [0.1, 0.15) is 54.0 Å². The molecule has 1 aliphatic heterocycles. The molecule has 47 heavy (non-hydrogen) atoms. The molecule has 1 atom stereocenters. The number of rotatable bonds is 6. The molecule has 1 fully saturated rings. The number of aliphatic hydroxyl groups is 1. The summed E-state index contributed by atoms with van der Waals surface area (Å²) < 4.78 is 78.9. The largest absolute Gasteiger partial charge is 0.467 e. The van der Waals surface area contributed by atoms with Gasteiger partial charge in [-0.1, -0.05) is 67.3 Å². The van der Waals surface area contributed by atoms with Gasteiger partial charge >= 0.3 is 12.1 Å². The lowest BCUT2D eigenvalue weighted by molar-refractivity contribution is -0.145. The minimum Gasteiger partial charge on any atom is -0.467 e. The number of aliphatic hydroxyl groups excluding tert-OH is 1. The Balaban J connectivity index is 1.73. The topological polar surface area (TPSA) is 106 Å². The summed E-state index contributed by atoms with van der Waals surface area (Å²) in [7, 11) is -3.50. The number of halogens is 3. The minimum atomic E-state index is -4.75. The summed E-state index contributed by atoms with van der Waals surface area (Å²) in [6, 6.07) is 15.2. The van der Waals surface area contributed by atoms with Crippen LogP contribution in [-0.4, -0.2) is 54.2 Å². The summed E-state index contributed by atoms with van der Waals surface area (Å²) in [5, 5.41) is 11.3. The van der Waals surface area contributed by atoms with E-state index in [1.807, 2.05) is 42.5 Å². The van der Waals surface area contributed by atoms with Gasteiger partial charge in [0.05, 0.1) is 18.8 Å². The van der Waals surface area contributed by atoms with Crippen LogP contribution in [0.25, 0.3) is 28.0 Å². The fourth-order valence-electron chi connectivity index (χ4n) is 6.92. The summed E-state index contributed by atoms with van der Waals surface area (Å²) in [6.45, 7) is 3.41. The maximum atomic E-state index is 14.8. The van der Waals surface area contributed by atoms with Crippen LogP contribution >= 0.6 is 0 Å². The molecule has 0 bridgehead atoms. The molecule has 1 unspecified atom stereocenters. The lowest BCUT2D eigenvalue weighted by Gasteiger charge is -2.41. The van der Waals surface area contributed by atoms with Crippen LogP contribution in [0, 0.1) is 0 Å². The number of carbonyl (C=O) groups excluding carboxylic acids is 1. The number of pyridine rings is 1. The first-order valence-electron chi connectivity index (χ1n) is 15.2. The number of esters is 1. The molecule has 12 heteroatoms. The van der Waals surface area contributed by atoms with Gasteiger partial charge in [0.15, 0.2) is 5.03 Å². The van der Waals surface area contributed by atoms with E-state index in [4.69, 9.17) is 4.74 Å². The normalized spacial score (nSPS) is 21.3. The third kappa shape index (κ3) is 5.79. The summed E-state index contributed by atoms with van der Waals surface area (Å²) >= 11 is 0. The van der Waals surface area contributed by atoms with E-state index in [-0.39, 0.29) is 28.7 Å². The molecule has 6 rings (SSSR count). The second kappa shape index (κ2) is 12.4. The van der Waals surface area contributed by atoms with Crippen LogP contribution in [0.5, 0.6) is 0 Å². The lowest BCUT2D eigenvalue weighted by atomic mass is 9.89. The molecular formula is C35H33F3N2O6S. The van der Waals surface area contributed by atoms with Crippen LogP contribution in [0.2, 0.25) is 0 Å². The quantitative estimate of drug-likeness (QED) is 0.256. The van der Waals surface area contributed by atoms with Crippen molar-refractivity contribution in [3.63, 3.8) is 0 Å². The smallest absolute Gasteiger partial charge is 0.416 e. The number of fused-ring (bicyclic) bond motifs is 2. The Labute approximate surface area is 269 Å². The zero-order valence-corrected chi connectivity index (χ0v) is 26.4. The molecule has 0 amide bonds. The second-order valence-corrected chi connectivity index (χ2v) is 13.7. The Kier molecular flexibility index (Phi) is 8.62. The number of sulfonamides is 1. The van der Waals surface area contributed by atoms with Gasteiger partial charge in [0.1, 0.15) is 6.04 Å². The first kappa shape index (κ1) is 32.7. The number of ether oxygens (including phenoxy) is 1. The van der Waals surface area contributed by atoms with Crippen LogP contribution in [-0.2, 0) is 32.2 Å². The first-order valence-corrected chi connectivity index (χ1v) is 16.7. The van der Waals surface area contributed by atoms with E-state index < -0.39 is 63.0 Å². The Morgan fingerprint density at radius 1 is 1.04 bits per heavy atom. The predicted octanol–water partition coefficient (Wildman–Crippen LogP) is 5.94. The number of hydrogen-bond donors (Lipinski definition) is 1. The highest BCUT2D eigenvalue weighted by Crippen LogP contribution is 2.43. The van der Waals surface area contributed by atoms with Crippen LogP contribution in [0.15, 0.2) is 83.1 Å². The number of methoxy groups -OCH3 is 1. The van der Waals surface area contributed by atoms with Gasteiger partial charge in [-0.25, -0.2) is 13.2 Å². The van der Waals surface area contributed by atoms with Gasteiger partial charge in [0.25, 0.3) is 15.6 Å². The molecular weight excluding hydrogens is 633 g/mol. The maximum Gasteiger partial charge on any atom is 0.416 e. The molecule has 1 aliphatic carbocycles. The predicted molar refractivity (Wildman–Crippen MR) is 171 cm³/mol. The molecule has 2 aliphatic rings. The van der Waals surface area contributed by atoms with E-state index in [0.29, 0.717) is 31.2 Å². The fraction of sp³-hybridized carbons (Fsp3) is 0.314. The van der Waals surface area contributed by atoms with Crippen molar-refractivity contribution in [2.75, 3.05) is 13.7 Å². The Morgan fingerprint density at radius 2 is 1.72 bits per heavy atom. The van der Waals surface area contributed by atoms with Crippen molar-refractivity contribution >= 4 is 32.8 Å². The zero-order valence-electron chi connectivity index (χ0n) is 25.5. The number of hydrogen-bond acceptors (Lipinski definition) is 6. The van der Waals surface area contributed by atoms with Crippen LogP contribution in [0.3, 0.4) is 0 Å². The molecule has 0 radical (unpaired) electrons. The highest BCUT2D eigenvalue weighted by molar-refractivity contribution is 7.89. The Bertz CT molecular complexity index is 2040. The molecule has 246 valence electrons. The molecule has 0 saturated heterocycles. The number of nitrogens with zero attached hydrogens (tertiary/aromatic N) is 2. The van der Waals surface area contributed by atoms with Crippen molar-refractivity contribution in [2.45, 2.75) is 61.5 Å². The van der Waals surface area contributed by atoms with Gasteiger partial charge < -0.3 is 9.84 Å². The number of alkyl halides is 3. The molecule has 4 aromatic rings. The van der Waals surface area contributed by atoms with Crippen molar-refractivity contribution in [3.8, 4) is 11.1 Å². The fourth-order valence-corrected chi connectivity index (χ4v) is 9.04. The molecule has 2 heterocycles. The number of carbonyl (C=O) groups is 1. The van der Waals surface area contributed by atoms with Gasteiger partial charge in [-0.3, -0.25) is 9.36 Å². The first-order chi connectivity index (χ1) is 22.4. The van der Waals surface area contributed by atoms with Crippen molar-refractivity contribution < 1.29 is 36.2 Å². The van der Waals surface area contributed by atoms with E-state index in [2.05, 4.69) is 6.58 Å². The van der Waals surface area contributed by atoms with E-state index >= 15 is 0 Å². The third-order valence-corrected chi connectivity index (χ3v) is 11.2. The van der Waals surface area contributed by atoms with Crippen molar-refractivity contribution in [2.24, 2.45) is 0 Å². The van der Waals surface area contributed by atoms with Gasteiger partial charge in [-0.15, -0.1) is 0 Å². The molecule has 1 N–H and O–H groups in total. The maximum absolute atomic E-state index is 14.8. The SMILES string of the molecule is C=Cc1c(Cc2cccc3ccccc23)c(-c2cccc(C(F)(F)F)c2)c2n(c1=O)C(C(=O)OC)CN([C@H]1CC[C@@H](O)CC1)S2(=O)=O. The second-order valence-electron chi connectivity index (χ2n) is 11.9. The van der Waals surface area contributed by atoms with Gasteiger partial charge in [-0.2, -0.15) is 17.5 Å². The summed E-state index contributed by atoms with van der Waals surface area (Å²) in [5.41, 5.74) is -1.19. The minimum absolute atomic E-state index is 0.0224. The zero-order chi connectivity index (χ0) is 33.7. The summed E-state index contributed by atoms with van der Waals surface area (Å²) in [5.74, 6) is -0.879. The summed E-state index contributed by atoms with van der Waals surface area (Å²) in [6.07, 6.45) is -2.87. The third-order valence-electron chi connectivity index (χ3n) is 9.20. The van der Waals surface area contributed by atoms with E-state index in [0.717, 1.165) is 38.9 Å².